The molecule has 18 bridgehead atoms. The third-order valence-electron chi connectivity index (χ3n) is 27.4. The maximum atomic E-state index is 1.58. The fraction of sp³-hybridized carbons (Fsp3) is 1.00. The summed E-state index contributed by atoms with van der Waals surface area (Å²) in [7, 11) is 0. The molecule has 23 aliphatic rings. The molecule has 78 heavy (non-hydrogen) atoms. The molecule has 4 unspecified atom stereocenters. The molecular weight excluding hydrogens is 937 g/mol. The fourth-order valence-electron chi connectivity index (χ4n) is 22.1. The second kappa shape index (κ2) is 34.2. The third kappa shape index (κ3) is 21.5. The highest BCUT2D eigenvalue weighted by Gasteiger charge is 2.34. The van der Waals surface area contributed by atoms with E-state index in [1.807, 2.05) is 0 Å². The Bertz CT molecular complexity index is 1340. The normalized spacial score (nSPS) is 43.4. The summed E-state index contributed by atoms with van der Waals surface area (Å²) in [4.78, 5) is 0. The van der Waals surface area contributed by atoms with Gasteiger partial charge in [-0.1, -0.05) is 334 Å². The smallest absolute Gasteiger partial charge is 0.0409 e. The molecular formula is C78H138. The Morgan fingerprint density at radius 3 is 0.397 bits per heavy atom. The lowest BCUT2D eigenvalue weighted by atomic mass is 9.65. The van der Waals surface area contributed by atoms with E-state index >= 15 is 0 Å². The van der Waals surface area contributed by atoms with Gasteiger partial charge < -0.3 is 0 Å². The van der Waals surface area contributed by atoms with E-state index in [1.54, 1.807) is 295 Å². The fourth-order valence-corrected chi connectivity index (χ4v) is 22.1. The van der Waals surface area contributed by atoms with Gasteiger partial charge in [-0.2, -0.15) is 0 Å². The van der Waals surface area contributed by atoms with Gasteiger partial charge in [0.05, 0.1) is 0 Å². The first kappa shape index (κ1) is 61.1. The molecule has 23 rings (SSSR count). The average Bonchev–Trinajstić information content (AvgIpc) is 4.22. The van der Waals surface area contributed by atoms with Crippen LogP contribution in [0.15, 0.2) is 0 Å². The molecule has 23 fully saturated rings. The van der Waals surface area contributed by atoms with Gasteiger partial charge in [-0.3, -0.25) is 0 Å². The summed E-state index contributed by atoms with van der Waals surface area (Å²) in [5.41, 5.74) is 0. The van der Waals surface area contributed by atoms with E-state index in [9.17, 15) is 0 Å². The van der Waals surface area contributed by atoms with Crippen molar-refractivity contribution in [2.45, 2.75) is 385 Å². The molecule has 450 valence electrons. The van der Waals surface area contributed by atoms with Crippen LogP contribution < -0.4 is 0 Å². The van der Waals surface area contributed by atoms with Gasteiger partial charge in [0, 0.05) is 0 Å². The standard InChI is InChI=1S/C12H22.C10H18.2C9H16.3C8H14.2C7H12/c1-2-6-12-9-3-7-11(5-1)8-4-10-12;1-2-4-10-7-5-9(3-1)6-8-10;1-3-8-5-2-6-9(4-1)7-8;1-2-4-9-6-5-8(3-1)7-9;1-2-8-5-3-7(1)4-6-8;1-2-7-4-5-8(3-1)6-7;1-2-4-8-5-7(3-1)6-8;1-2-7-4-3-6(1)5-7;1-2-6-4-7(3-1)5-6/h11-12H,1-10H2;9-10H,1-8H2;2*8-9H,1-7H2;3*7-8H,1-6H2;2*6-7H,1-5H2. The Balaban J connectivity index is 0.0000000996. The molecule has 0 amide bonds. The van der Waals surface area contributed by atoms with Crippen molar-refractivity contribution < 1.29 is 0 Å². The zero-order chi connectivity index (χ0) is 52.8. The van der Waals surface area contributed by atoms with Crippen molar-refractivity contribution in [3.63, 3.8) is 0 Å². The van der Waals surface area contributed by atoms with Crippen LogP contribution in [-0.2, 0) is 0 Å². The predicted octanol–water partition coefficient (Wildman–Crippen LogP) is 25.6. The van der Waals surface area contributed by atoms with E-state index in [0.29, 0.717) is 0 Å². The van der Waals surface area contributed by atoms with Gasteiger partial charge in [0.2, 0.25) is 0 Å². The topological polar surface area (TPSA) is 0 Å². The van der Waals surface area contributed by atoms with Crippen molar-refractivity contribution in [1.29, 1.82) is 0 Å². The summed E-state index contributed by atoms with van der Waals surface area (Å²) in [5, 5.41) is 0. The zero-order valence-electron chi connectivity index (χ0n) is 52.8. The molecule has 0 saturated heterocycles. The average molecular weight is 1080 g/mol. The summed E-state index contributed by atoms with van der Waals surface area (Å²) >= 11 is 0. The lowest BCUT2D eigenvalue weighted by molar-refractivity contribution is 0.116. The van der Waals surface area contributed by atoms with E-state index in [4.69, 9.17) is 0 Å². The largest absolute Gasteiger partial charge is 0.0530 e. The first-order valence-corrected chi connectivity index (χ1v) is 38.5. The van der Waals surface area contributed by atoms with Crippen LogP contribution in [-0.4, -0.2) is 0 Å². The van der Waals surface area contributed by atoms with Crippen LogP contribution >= 0.6 is 0 Å². The van der Waals surface area contributed by atoms with Crippen LogP contribution in [0.5, 0.6) is 0 Å². The van der Waals surface area contributed by atoms with Gasteiger partial charge in [-0.25, -0.2) is 0 Å². The van der Waals surface area contributed by atoms with Crippen LogP contribution in [0.3, 0.4) is 0 Å². The van der Waals surface area contributed by atoms with Crippen molar-refractivity contribution >= 4 is 0 Å². The van der Waals surface area contributed by atoms with Crippen molar-refractivity contribution in [1.82, 2.24) is 0 Å². The monoisotopic (exact) mass is 1080 g/mol. The van der Waals surface area contributed by atoms with Gasteiger partial charge in [0.1, 0.15) is 0 Å². The van der Waals surface area contributed by atoms with Crippen LogP contribution in [0, 0.1) is 107 Å². The first-order valence-electron chi connectivity index (χ1n) is 38.5. The predicted molar refractivity (Wildman–Crippen MR) is 340 cm³/mol. The van der Waals surface area contributed by atoms with E-state index < -0.39 is 0 Å². The summed E-state index contributed by atoms with van der Waals surface area (Å²) in [6.07, 6.45) is 93.2. The molecule has 0 aromatic carbocycles. The molecule has 4 atom stereocenters. The van der Waals surface area contributed by atoms with Crippen molar-refractivity contribution in [3.8, 4) is 0 Å². The van der Waals surface area contributed by atoms with Gasteiger partial charge in [0.25, 0.3) is 0 Å². The number of hydrogen-bond donors (Lipinski definition) is 0. The van der Waals surface area contributed by atoms with Gasteiger partial charge in [0.15, 0.2) is 0 Å². The first-order chi connectivity index (χ1) is 38.5. The maximum absolute atomic E-state index is 1.58. The van der Waals surface area contributed by atoms with E-state index in [1.165, 1.54) is 125 Å². The Labute approximate surface area is 489 Å². The second-order valence-electron chi connectivity index (χ2n) is 33.4. The molecule has 0 heteroatoms. The highest BCUT2D eigenvalue weighted by Crippen LogP contribution is 2.48. The molecule has 0 spiro atoms. The lowest BCUT2D eigenvalue weighted by Gasteiger charge is -2.40. The van der Waals surface area contributed by atoms with Gasteiger partial charge in [-0.05, 0) is 158 Å². The summed E-state index contributed by atoms with van der Waals surface area (Å²) in [5.74, 6) is 20.8. The minimum absolute atomic E-state index is 1.11. The highest BCUT2D eigenvalue weighted by molar-refractivity contribution is 4.86. The maximum Gasteiger partial charge on any atom is -0.0409 e. The SMILES string of the molecule is C1CC2CC(C1)C2.C1CC2CCC(C1)C2.C1CC2CCC1C2.C1CC2CCC1CC2.C1CC2CCCC(C1)C2.C1CCC2CC(C1)C2.C1CCC2CCC(C1)C2.C1CCC2CCC(C1)CC2.C1CCC2CCCC(C1)CCC2. The molecule has 0 radical (unpaired) electrons. The number of rotatable bonds is 0. The van der Waals surface area contributed by atoms with Crippen molar-refractivity contribution in [2.24, 2.45) is 107 Å². The number of hydrogen-bond acceptors (Lipinski definition) is 0. The van der Waals surface area contributed by atoms with E-state index in [0.717, 1.165) is 71.0 Å². The molecule has 0 heterocycles. The van der Waals surface area contributed by atoms with Crippen molar-refractivity contribution in [3.05, 3.63) is 0 Å². The lowest BCUT2D eigenvalue weighted by Crippen LogP contribution is -2.28. The quantitative estimate of drug-likeness (QED) is 0.227. The molecule has 0 nitrogen and oxygen atoms in total. The number of fused-ring (bicyclic) bond motifs is 28. The highest BCUT2D eigenvalue weighted by atomic mass is 14.4. The van der Waals surface area contributed by atoms with E-state index in [-0.39, 0.29) is 0 Å². The summed E-state index contributed by atoms with van der Waals surface area (Å²) < 4.78 is 0. The minimum Gasteiger partial charge on any atom is -0.0530 e. The Hall–Kier alpha value is 0. The van der Waals surface area contributed by atoms with Crippen LogP contribution in [0.2, 0.25) is 0 Å². The Morgan fingerprint density at radius 1 is 0.0769 bits per heavy atom. The summed E-state index contributed by atoms with van der Waals surface area (Å²) in [6, 6.07) is 0. The second-order valence-corrected chi connectivity index (χ2v) is 33.4. The molecule has 23 aliphatic carbocycles. The van der Waals surface area contributed by atoms with E-state index in [2.05, 4.69) is 0 Å². The molecule has 0 aliphatic heterocycles. The van der Waals surface area contributed by atoms with Crippen LogP contribution in [0.4, 0.5) is 0 Å². The molecule has 0 aromatic heterocycles. The van der Waals surface area contributed by atoms with Crippen molar-refractivity contribution in [2.75, 3.05) is 0 Å². The Morgan fingerprint density at radius 2 is 0.179 bits per heavy atom. The zero-order valence-corrected chi connectivity index (χ0v) is 52.8. The van der Waals surface area contributed by atoms with Crippen LogP contribution in [0.25, 0.3) is 0 Å². The van der Waals surface area contributed by atoms with Crippen LogP contribution in [0.1, 0.15) is 385 Å². The third-order valence-corrected chi connectivity index (χ3v) is 27.4. The molecule has 0 aromatic rings. The summed E-state index contributed by atoms with van der Waals surface area (Å²) in [6.45, 7) is 0. The minimum atomic E-state index is 1.11. The van der Waals surface area contributed by atoms with Gasteiger partial charge in [-0.15, -0.1) is 0 Å². The molecule has 0 N–H and O–H groups in total. The molecule has 23 saturated carbocycles. The van der Waals surface area contributed by atoms with Gasteiger partial charge >= 0.3 is 0 Å². The Kier molecular flexibility index (Phi) is 26.8.